The molecule has 1 aromatic heterocycles. The highest BCUT2D eigenvalue weighted by Crippen LogP contribution is 2.24. The van der Waals surface area contributed by atoms with Gasteiger partial charge in [0.15, 0.2) is 5.76 Å². The van der Waals surface area contributed by atoms with Gasteiger partial charge in [-0.1, -0.05) is 22.9 Å². The van der Waals surface area contributed by atoms with Crippen LogP contribution in [0.25, 0.3) is 0 Å². The van der Waals surface area contributed by atoms with Crippen molar-refractivity contribution in [1.29, 1.82) is 0 Å². The first-order valence-electron chi connectivity index (χ1n) is 8.63. The normalized spacial score (nSPS) is 16.5. The maximum atomic E-state index is 12.7. The van der Waals surface area contributed by atoms with Crippen LogP contribution in [-0.4, -0.2) is 36.9 Å². The first kappa shape index (κ1) is 18.6. The van der Waals surface area contributed by atoms with Gasteiger partial charge >= 0.3 is 0 Å². The summed E-state index contributed by atoms with van der Waals surface area (Å²) in [4.78, 5) is 12.6. The van der Waals surface area contributed by atoms with Gasteiger partial charge in [-0.05, 0) is 38.8 Å². The first-order chi connectivity index (χ1) is 12.4. The summed E-state index contributed by atoms with van der Waals surface area (Å²) in [5.41, 5.74) is 1.78. The fourth-order valence-corrected chi connectivity index (χ4v) is 4.51. The highest BCUT2D eigenvalue weighted by atomic mass is 32.2. The van der Waals surface area contributed by atoms with Crippen LogP contribution in [0.2, 0.25) is 0 Å². The molecule has 26 heavy (non-hydrogen) atoms. The molecule has 0 bridgehead atoms. The van der Waals surface area contributed by atoms with Crippen molar-refractivity contribution in [2.45, 2.75) is 38.1 Å². The zero-order valence-corrected chi connectivity index (χ0v) is 15.8. The number of amides is 1. The maximum absolute atomic E-state index is 12.7. The summed E-state index contributed by atoms with van der Waals surface area (Å²) < 4.78 is 31.9. The van der Waals surface area contributed by atoms with Gasteiger partial charge in [0.1, 0.15) is 0 Å². The molecule has 3 rings (SSSR count). The van der Waals surface area contributed by atoms with E-state index >= 15 is 0 Å². The predicted molar refractivity (Wildman–Crippen MR) is 95.7 cm³/mol. The van der Waals surface area contributed by atoms with Crippen LogP contribution in [0, 0.1) is 19.8 Å². The molecule has 1 saturated heterocycles. The number of carbonyl (C=O) groups is 1. The summed E-state index contributed by atoms with van der Waals surface area (Å²) in [7, 11) is -3.50. The third-order valence-corrected chi connectivity index (χ3v) is 6.51. The number of benzene rings is 1. The minimum Gasteiger partial charge on any atom is -0.359 e. The lowest BCUT2D eigenvalue weighted by atomic mass is 9.97. The maximum Gasteiger partial charge on any atom is 0.243 e. The van der Waals surface area contributed by atoms with Crippen molar-refractivity contribution in [2.24, 2.45) is 5.92 Å². The fourth-order valence-electron chi connectivity index (χ4n) is 3.04. The van der Waals surface area contributed by atoms with Crippen LogP contribution < -0.4 is 5.32 Å². The van der Waals surface area contributed by atoms with Crippen LogP contribution in [0.15, 0.2) is 39.8 Å². The Morgan fingerprint density at radius 3 is 2.46 bits per heavy atom. The van der Waals surface area contributed by atoms with Crippen LogP contribution in [0.3, 0.4) is 0 Å². The Labute approximate surface area is 153 Å². The number of aromatic nitrogens is 1. The molecule has 8 heteroatoms. The van der Waals surface area contributed by atoms with Crippen LogP contribution in [0.5, 0.6) is 0 Å². The average Bonchev–Trinajstić information content (AvgIpc) is 3.05. The van der Waals surface area contributed by atoms with Gasteiger partial charge in [-0.15, -0.1) is 0 Å². The average molecular weight is 377 g/mol. The monoisotopic (exact) mass is 377 g/mol. The molecule has 0 radical (unpaired) electrons. The van der Waals surface area contributed by atoms with Gasteiger partial charge < -0.3 is 9.84 Å². The van der Waals surface area contributed by atoms with Crippen molar-refractivity contribution in [3.05, 3.63) is 47.3 Å². The number of carbonyl (C=O) groups excluding carboxylic acids is 1. The molecule has 1 fully saturated rings. The molecule has 2 aromatic rings. The molecule has 0 atom stereocenters. The standard InChI is InChI=1S/C18H23N3O4S/c1-13-3-5-17(6-4-13)26(23,24)21-9-7-15(8-10-21)18(22)19-12-16-11-14(2)20-25-16/h3-6,11,15H,7-10,12H2,1-2H3,(H,19,22). The van der Waals surface area contributed by atoms with E-state index in [0.29, 0.717) is 43.1 Å². The molecule has 0 saturated carbocycles. The van der Waals surface area contributed by atoms with Crippen molar-refractivity contribution in [3.63, 3.8) is 0 Å². The summed E-state index contributed by atoms with van der Waals surface area (Å²) in [6.45, 7) is 4.71. The number of aryl methyl sites for hydroxylation is 2. The van der Waals surface area contributed by atoms with E-state index in [1.165, 1.54) is 4.31 Å². The van der Waals surface area contributed by atoms with Gasteiger partial charge in [-0.2, -0.15) is 4.31 Å². The lowest BCUT2D eigenvalue weighted by Crippen LogP contribution is -2.42. The van der Waals surface area contributed by atoms with Crippen LogP contribution in [-0.2, 0) is 21.4 Å². The van der Waals surface area contributed by atoms with Gasteiger partial charge in [0, 0.05) is 25.1 Å². The van der Waals surface area contributed by atoms with Crippen molar-refractivity contribution >= 4 is 15.9 Å². The van der Waals surface area contributed by atoms with E-state index in [-0.39, 0.29) is 11.8 Å². The van der Waals surface area contributed by atoms with Crippen LogP contribution >= 0.6 is 0 Å². The molecule has 1 aromatic carbocycles. The largest absolute Gasteiger partial charge is 0.359 e. The van der Waals surface area contributed by atoms with E-state index in [1.807, 2.05) is 13.8 Å². The van der Waals surface area contributed by atoms with Gasteiger partial charge in [0.05, 0.1) is 17.1 Å². The summed E-state index contributed by atoms with van der Waals surface area (Å²) in [5.74, 6) is 0.338. The second kappa shape index (κ2) is 7.59. The van der Waals surface area contributed by atoms with E-state index in [1.54, 1.807) is 30.3 Å². The highest BCUT2D eigenvalue weighted by molar-refractivity contribution is 7.89. The number of rotatable bonds is 5. The molecule has 0 aliphatic carbocycles. The fraction of sp³-hybridized carbons (Fsp3) is 0.444. The smallest absolute Gasteiger partial charge is 0.243 e. The van der Waals surface area contributed by atoms with Crippen LogP contribution in [0.1, 0.15) is 29.9 Å². The SMILES string of the molecule is Cc1ccc(S(=O)(=O)N2CCC(C(=O)NCc3cc(C)no3)CC2)cc1. The molecule has 1 N–H and O–H groups in total. The second-order valence-corrected chi connectivity index (χ2v) is 8.58. The summed E-state index contributed by atoms with van der Waals surface area (Å²) in [6, 6.07) is 8.61. The molecular formula is C18H23N3O4S. The Hall–Kier alpha value is -2.19. The first-order valence-corrected chi connectivity index (χ1v) is 10.1. The van der Waals surface area contributed by atoms with E-state index in [2.05, 4.69) is 10.5 Å². The van der Waals surface area contributed by atoms with E-state index < -0.39 is 10.0 Å². The number of nitrogens with one attached hydrogen (secondary N) is 1. The van der Waals surface area contributed by atoms with Crippen molar-refractivity contribution < 1.29 is 17.7 Å². The third kappa shape index (κ3) is 4.13. The zero-order valence-electron chi connectivity index (χ0n) is 14.9. The molecule has 1 aliphatic heterocycles. The molecular weight excluding hydrogens is 354 g/mol. The Morgan fingerprint density at radius 1 is 1.23 bits per heavy atom. The van der Waals surface area contributed by atoms with E-state index in [4.69, 9.17) is 4.52 Å². The number of nitrogens with zero attached hydrogens (tertiary/aromatic N) is 2. The molecule has 0 spiro atoms. The van der Waals surface area contributed by atoms with Gasteiger partial charge in [0.25, 0.3) is 0 Å². The third-order valence-electron chi connectivity index (χ3n) is 4.60. The number of piperidine rings is 1. The Balaban J connectivity index is 1.54. The number of hydrogen-bond acceptors (Lipinski definition) is 5. The summed E-state index contributed by atoms with van der Waals surface area (Å²) >= 11 is 0. The quantitative estimate of drug-likeness (QED) is 0.860. The molecule has 7 nitrogen and oxygen atoms in total. The second-order valence-electron chi connectivity index (χ2n) is 6.64. The molecule has 1 aliphatic rings. The van der Waals surface area contributed by atoms with Crippen molar-refractivity contribution in [2.75, 3.05) is 13.1 Å². The topological polar surface area (TPSA) is 92.5 Å². The predicted octanol–water partition coefficient (Wildman–Crippen LogP) is 2.01. The van der Waals surface area contributed by atoms with Crippen LogP contribution in [0.4, 0.5) is 0 Å². The van der Waals surface area contributed by atoms with Gasteiger partial charge in [-0.25, -0.2) is 8.42 Å². The minimum absolute atomic E-state index is 0.0774. The Bertz CT molecular complexity index is 866. The Kier molecular flexibility index (Phi) is 5.43. The number of hydrogen-bond donors (Lipinski definition) is 1. The minimum atomic E-state index is -3.50. The molecule has 1 amide bonds. The van der Waals surface area contributed by atoms with Crippen molar-refractivity contribution in [1.82, 2.24) is 14.8 Å². The van der Waals surface area contributed by atoms with Gasteiger partial charge in [-0.3, -0.25) is 4.79 Å². The highest BCUT2D eigenvalue weighted by Gasteiger charge is 2.32. The van der Waals surface area contributed by atoms with E-state index in [9.17, 15) is 13.2 Å². The van der Waals surface area contributed by atoms with Crippen molar-refractivity contribution in [3.8, 4) is 0 Å². The zero-order chi connectivity index (χ0) is 18.7. The summed E-state index contributed by atoms with van der Waals surface area (Å²) in [5, 5.41) is 6.61. The lowest BCUT2D eigenvalue weighted by molar-refractivity contribution is -0.126. The Morgan fingerprint density at radius 2 is 1.88 bits per heavy atom. The molecule has 2 heterocycles. The summed E-state index contributed by atoms with van der Waals surface area (Å²) in [6.07, 6.45) is 1.01. The lowest BCUT2D eigenvalue weighted by Gasteiger charge is -2.30. The number of sulfonamides is 1. The molecule has 140 valence electrons. The van der Waals surface area contributed by atoms with Gasteiger partial charge in [0.2, 0.25) is 15.9 Å². The van der Waals surface area contributed by atoms with E-state index in [0.717, 1.165) is 11.3 Å². The molecule has 0 unspecified atom stereocenters.